The molecule has 1 aromatic heterocycles. The number of fused-ring (bicyclic) bond motifs is 1. The molecule has 0 fully saturated rings. The van der Waals surface area contributed by atoms with Crippen molar-refractivity contribution in [3.63, 3.8) is 0 Å². The highest BCUT2D eigenvalue weighted by Gasteiger charge is 2.21. The van der Waals surface area contributed by atoms with Crippen molar-refractivity contribution in [1.82, 2.24) is 9.97 Å². The van der Waals surface area contributed by atoms with E-state index in [2.05, 4.69) is 32.3 Å². The molecule has 2 aromatic rings. The smallest absolute Gasteiger partial charge is 0.325 e. The van der Waals surface area contributed by atoms with Crippen LogP contribution in [0.2, 0.25) is 0 Å². The van der Waals surface area contributed by atoms with Gasteiger partial charge in [-0.25, -0.2) is 9.97 Å². The van der Waals surface area contributed by atoms with E-state index in [9.17, 15) is 4.79 Å². The van der Waals surface area contributed by atoms with Gasteiger partial charge >= 0.3 is 5.97 Å². The molecule has 0 bridgehead atoms. The standard InChI is InChI=1S/C15H16N4O2/c1-10(15(20)21)18-13-8-14(17-9-16-13)19-7-6-11-4-2-3-5-12(11)19/h2-5,8-10H,6-7H2,1H3,(H,20,21)(H,16,17,18)/t10-/m0/s1. The van der Waals surface area contributed by atoms with Crippen LogP contribution in [0.3, 0.4) is 0 Å². The van der Waals surface area contributed by atoms with Crippen LogP contribution < -0.4 is 10.2 Å². The largest absolute Gasteiger partial charge is 0.480 e. The minimum absolute atomic E-state index is 0.513. The average Bonchev–Trinajstić information content (AvgIpc) is 2.91. The molecule has 0 aliphatic carbocycles. The Balaban J connectivity index is 1.86. The van der Waals surface area contributed by atoms with Gasteiger partial charge in [-0.2, -0.15) is 0 Å². The summed E-state index contributed by atoms with van der Waals surface area (Å²) in [5, 5.41) is 11.8. The number of carboxylic acids is 1. The third-order valence-electron chi connectivity index (χ3n) is 3.55. The van der Waals surface area contributed by atoms with E-state index >= 15 is 0 Å². The van der Waals surface area contributed by atoms with Gasteiger partial charge in [-0.1, -0.05) is 18.2 Å². The Labute approximate surface area is 122 Å². The van der Waals surface area contributed by atoms with Crippen LogP contribution in [0.15, 0.2) is 36.7 Å². The topological polar surface area (TPSA) is 78.3 Å². The zero-order valence-corrected chi connectivity index (χ0v) is 11.7. The molecule has 21 heavy (non-hydrogen) atoms. The van der Waals surface area contributed by atoms with Crippen LogP contribution in [0.4, 0.5) is 17.3 Å². The summed E-state index contributed by atoms with van der Waals surface area (Å²) in [5.74, 6) is 0.371. The van der Waals surface area contributed by atoms with Gasteiger partial charge in [-0.3, -0.25) is 4.79 Å². The first-order chi connectivity index (χ1) is 10.1. The molecule has 0 saturated heterocycles. The highest BCUT2D eigenvalue weighted by atomic mass is 16.4. The van der Waals surface area contributed by atoms with Gasteiger partial charge in [-0.15, -0.1) is 0 Å². The number of hydrogen-bond donors (Lipinski definition) is 2. The molecule has 0 saturated carbocycles. The lowest BCUT2D eigenvalue weighted by Gasteiger charge is -2.19. The number of anilines is 3. The maximum Gasteiger partial charge on any atom is 0.325 e. The molecule has 1 aromatic carbocycles. The van der Waals surface area contributed by atoms with Gasteiger partial charge in [-0.05, 0) is 25.0 Å². The van der Waals surface area contributed by atoms with E-state index in [1.54, 1.807) is 13.0 Å². The molecule has 6 heteroatoms. The first-order valence-corrected chi connectivity index (χ1v) is 6.82. The molecule has 0 amide bonds. The predicted octanol–water partition coefficient (Wildman–Crippen LogP) is 2.06. The highest BCUT2D eigenvalue weighted by Crippen LogP contribution is 2.33. The fourth-order valence-corrected chi connectivity index (χ4v) is 2.43. The van der Waals surface area contributed by atoms with Crippen LogP contribution in [-0.4, -0.2) is 33.6 Å². The summed E-state index contributed by atoms with van der Waals surface area (Å²) in [6, 6.07) is 9.30. The highest BCUT2D eigenvalue weighted by molar-refractivity contribution is 5.76. The van der Waals surface area contributed by atoms with Crippen LogP contribution in [0.5, 0.6) is 0 Å². The van der Waals surface area contributed by atoms with E-state index in [1.165, 1.54) is 11.9 Å². The Morgan fingerprint density at radius 1 is 1.38 bits per heavy atom. The van der Waals surface area contributed by atoms with Crippen molar-refractivity contribution < 1.29 is 9.90 Å². The van der Waals surface area contributed by atoms with Gasteiger partial charge in [0.25, 0.3) is 0 Å². The SMILES string of the molecule is C[C@H](Nc1cc(N2CCc3ccccc32)ncn1)C(=O)O. The second kappa shape index (κ2) is 5.40. The first-order valence-electron chi connectivity index (χ1n) is 6.82. The molecule has 2 N–H and O–H groups in total. The Bertz CT molecular complexity index is 674. The summed E-state index contributed by atoms with van der Waals surface area (Å²) >= 11 is 0. The fourth-order valence-electron chi connectivity index (χ4n) is 2.43. The summed E-state index contributed by atoms with van der Waals surface area (Å²) in [6.07, 6.45) is 2.43. The summed E-state index contributed by atoms with van der Waals surface area (Å²) in [6.45, 7) is 2.44. The quantitative estimate of drug-likeness (QED) is 0.894. The second-order valence-corrected chi connectivity index (χ2v) is 5.00. The molecular weight excluding hydrogens is 268 g/mol. The van der Waals surface area contributed by atoms with E-state index in [4.69, 9.17) is 5.11 Å². The Kier molecular flexibility index (Phi) is 3.43. The zero-order valence-electron chi connectivity index (χ0n) is 11.7. The van der Waals surface area contributed by atoms with Crippen molar-refractivity contribution in [2.24, 2.45) is 0 Å². The number of rotatable bonds is 4. The zero-order chi connectivity index (χ0) is 14.8. The molecule has 3 rings (SSSR count). The number of para-hydroxylation sites is 1. The lowest BCUT2D eigenvalue weighted by molar-refractivity contribution is -0.137. The van der Waals surface area contributed by atoms with Crippen molar-refractivity contribution in [2.45, 2.75) is 19.4 Å². The minimum atomic E-state index is -0.915. The predicted molar refractivity (Wildman–Crippen MR) is 79.9 cm³/mol. The van der Waals surface area contributed by atoms with E-state index in [1.807, 2.05) is 12.1 Å². The van der Waals surface area contributed by atoms with Crippen LogP contribution in [-0.2, 0) is 11.2 Å². The molecule has 1 atom stereocenters. The van der Waals surface area contributed by atoms with Crippen LogP contribution in [0, 0.1) is 0 Å². The Morgan fingerprint density at radius 2 is 2.19 bits per heavy atom. The van der Waals surface area contributed by atoms with E-state index < -0.39 is 12.0 Å². The molecule has 1 aliphatic heterocycles. The third-order valence-corrected chi connectivity index (χ3v) is 3.55. The van der Waals surface area contributed by atoms with Gasteiger partial charge < -0.3 is 15.3 Å². The molecule has 1 aliphatic rings. The van der Waals surface area contributed by atoms with Crippen molar-refractivity contribution in [3.05, 3.63) is 42.2 Å². The molecule has 0 radical (unpaired) electrons. The van der Waals surface area contributed by atoms with Crippen molar-refractivity contribution in [1.29, 1.82) is 0 Å². The number of carbonyl (C=O) groups is 1. The monoisotopic (exact) mass is 284 g/mol. The number of nitrogens with zero attached hydrogens (tertiary/aromatic N) is 3. The second-order valence-electron chi connectivity index (χ2n) is 5.00. The summed E-state index contributed by atoms with van der Waals surface area (Å²) in [5.41, 5.74) is 2.44. The number of aliphatic carboxylic acids is 1. The number of aromatic nitrogens is 2. The number of carboxylic acid groups (broad SMARTS) is 1. The molecule has 2 heterocycles. The lowest BCUT2D eigenvalue weighted by Crippen LogP contribution is -2.26. The third kappa shape index (κ3) is 2.65. The fraction of sp³-hybridized carbons (Fsp3) is 0.267. The van der Waals surface area contributed by atoms with Gasteiger partial charge in [0.05, 0.1) is 0 Å². The lowest BCUT2D eigenvalue weighted by atomic mass is 10.2. The van der Waals surface area contributed by atoms with Crippen LogP contribution >= 0.6 is 0 Å². The average molecular weight is 284 g/mol. The summed E-state index contributed by atoms with van der Waals surface area (Å²) in [4.78, 5) is 21.4. The van der Waals surface area contributed by atoms with Crippen LogP contribution in [0.1, 0.15) is 12.5 Å². The number of benzene rings is 1. The Morgan fingerprint density at radius 3 is 3.00 bits per heavy atom. The van der Waals surface area contributed by atoms with Crippen molar-refractivity contribution in [3.8, 4) is 0 Å². The summed E-state index contributed by atoms with van der Waals surface area (Å²) < 4.78 is 0. The van der Waals surface area contributed by atoms with Crippen molar-refractivity contribution >= 4 is 23.3 Å². The molecule has 108 valence electrons. The molecular formula is C15H16N4O2. The van der Waals surface area contributed by atoms with E-state index in [0.29, 0.717) is 5.82 Å². The maximum atomic E-state index is 10.9. The van der Waals surface area contributed by atoms with Crippen molar-refractivity contribution in [2.75, 3.05) is 16.8 Å². The minimum Gasteiger partial charge on any atom is -0.480 e. The van der Waals surface area contributed by atoms with Gasteiger partial charge in [0.1, 0.15) is 24.0 Å². The van der Waals surface area contributed by atoms with E-state index in [-0.39, 0.29) is 0 Å². The number of hydrogen-bond acceptors (Lipinski definition) is 5. The number of nitrogens with one attached hydrogen (secondary N) is 1. The molecule has 0 spiro atoms. The summed E-state index contributed by atoms with van der Waals surface area (Å²) in [7, 11) is 0. The first kappa shape index (κ1) is 13.4. The maximum absolute atomic E-state index is 10.9. The van der Waals surface area contributed by atoms with Crippen LogP contribution in [0.25, 0.3) is 0 Å². The van der Waals surface area contributed by atoms with Gasteiger partial charge in [0.2, 0.25) is 0 Å². The molecule has 6 nitrogen and oxygen atoms in total. The van der Waals surface area contributed by atoms with Gasteiger partial charge in [0.15, 0.2) is 0 Å². The van der Waals surface area contributed by atoms with Gasteiger partial charge in [0, 0.05) is 18.3 Å². The Hall–Kier alpha value is -2.63. The molecule has 0 unspecified atom stereocenters. The normalized spacial score (nSPS) is 14.6. The van der Waals surface area contributed by atoms with E-state index in [0.717, 1.165) is 24.5 Å².